The zero-order valence-electron chi connectivity index (χ0n) is 14.0. The minimum Gasteiger partial charge on any atom is -0.486 e. The number of benzene rings is 2. The van der Waals surface area contributed by atoms with Crippen molar-refractivity contribution in [1.82, 2.24) is 0 Å². The van der Waals surface area contributed by atoms with Crippen LogP contribution in [0.2, 0.25) is 0 Å². The Hall–Kier alpha value is -3.09. The van der Waals surface area contributed by atoms with E-state index in [9.17, 15) is 9.18 Å². The number of oxime groups is 1. The Labute approximate surface area is 145 Å². The van der Waals surface area contributed by atoms with Gasteiger partial charge >= 0.3 is 0 Å². The second-order valence-corrected chi connectivity index (χ2v) is 5.39. The predicted octanol–water partition coefficient (Wildman–Crippen LogP) is 2.83. The van der Waals surface area contributed by atoms with Crippen LogP contribution in [0.25, 0.3) is 0 Å². The van der Waals surface area contributed by atoms with Gasteiger partial charge in [-0.15, -0.1) is 0 Å². The second-order valence-electron chi connectivity index (χ2n) is 5.39. The first kappa shape index (κ1) is 18.3. The van der Waals surface area contributed by atoms with Crippen molar-refractivity contribution in [2.75, 3.05) is 11.9 Å². The maximum atomic E-state index is 13.5. The first-order valence-electron chi connectivity index (χ1n) is 7.68. The van der Waals surface area contributed by atoms with Crippen molar-refractivity contribution in [2.24, 2.45) is 10.9 Å². The number of nitrogens with two attached hydrogens (primary N) is 1. The molecule has 2 rings (SSSR count). The third-order valence-corrected chi connectivity index (χ3v) is 3.27. The van der Waals surface area contributed by atoms with Gasteiger partial charge in [0.15, 0.2) is 5.84 Å². The quantitative estimate of drug-likeness (QED) is 0.459. The lowest BCUT2D eigenvalue weighted by molar-refractivity contribution is -0.126. The number of para-hydroxylation sites is 1. The molecule has 0 heterocycles. The summed E-state index contributed by atoms with van der Waals surface area (Å²) in [5, 5.41) is 6.21. The molecule has 25 heavy (non-hydrogen) atoms. The van der Waals surface area contributed by atoms with Crippen LogP contribution >= 0.6 is 0 Å². The van der Waals surface area contributed by atoms with Crippen LogP contribution in [0.5, 0.6) is 5.75 Å². The van der Waals surface area contributed by atoms with Crippen LogP contribution in [0.15, 0.2) is 53.7 Å². The van der Waals surface area contributed by atoms with E-state index in [1.165, 1.54) is 13.0 Å². The summed E-state index contributed by atoms with van der Waals surface area (Å²) in [6, 6.07) is 13.5. The van der Waals surface area contributed by atoms with Gasteiger partial charge in [0.1, 0.15) is 18.2 Å². The van der Waals surface area contributed by atoms with Gasteiger partial charge in [-0.25, -0.2) is 4.39 Å². The van der Waals surface area contributed by atoms with E-state index in [4.69, 9.17) is 15.3 Å². The Morgan fingerprint density at radius 2 is 2.00 bits per heavy atom. The molecular formula is C18H20FN3O3. The third-order valence-electron chi connectivity index (χ3n) is 3.27. The van der Waals surface area contributed by atoms with Crippen LogP contribution in [0, 0.1) is 12.7 Å². The summed E-state index contributed by atoms with van der Waals surface area (Å²) in [4.78, 5) is 17.1. The molecule has 1 unspecified atom stereocenters. The highest BCUT2D eigenvalue weighted by atomic mass is 19.1. The molecule has 0 aliphatic carbocycles. The summed E-state index contributed by atoms with van der Waals surface area (Å²) in [6.45, 7) is 3.18. The minimum absolute atomic E-state index is 0.0293. The number of nitrogens with zero attached hydrogens (tertiary/aromatic N) is 1. The highest BCUT2D eigenvalue weighted by molar-refractivity contribution is 5.94. The molecule has 0 saturated heterocycles. The average Bonchev–Trinajstić information content (AvgIpc) is 2.61. The summed E-state index contributed by atoms with van der Waals surface area (Å²) in [6.07, 6.45) is -0.903. The number of amidine groups is 1. The van der Waals surface area contributed by atoms with Gasteiger partial charge in [0.2, 0.25) is 6.10 Å². The molecule has 0 fully saturated rings. The van der Waals surface area contributed by atoms with Crippen molar-refractivity contribution in [3.63, 3.8) is 0 Å². The molecular weight excluding hydrogens is 325 g/mol. The van der Waals surface area contributed by atoms with Crippen LogP contribution in [0.3, 0.4) is 0 Å². The number of rotatable bonds is 7. The highest BCUT2D eigenvalue weighted by Gasteiger charge is 2.15. The molecule has 0 saturated carbocycles. The summed E-state index contributed by atoms with van der Waals surface area (Å²) in [7, 11) is 0. The van der Waals surface area contributed by atoms with Crippen molar-refractivity contribution in [3.05, 3.63) is 59.9 Å². The normalized spacial score (nSPS) is 12.4. The van der Waals surface area contributed by atoms with Crippen LogP contribution < -0.4 is 15.8 Å². The van der Waals surface area contributed by atoms with E-state index in [1.807, 2.05) is 18.2 Å². The number of nitrogens with one attached hydrogen (secondary N) is 1. The van der Waals surface area contributed by atoms with Gasteiger partial charge in [-0.3, -0.25) is 4.79 Å². The van der Waals surface area contributed by atoms with Crippen molar-refractivity contribution in [1.29, 1.82) is 0 Å². The number of hydrogen-bond acceptors (Lipinski definition) is 4. The fourth-order valence-corrected chi connectivity index (χ4v) is 1.81. The van der Waals surface area contributed by atoms with E-state index in [0.29, 0.717) is 17.0 Å². The fourth-order valence-electron chi connectivity index (χ4n) is 1.81. The van der Waals surface area contributed by atoms with E-state index < -0.39 is 17.8 Å². The first-order valence-corrected chi connectivity index (χ1v) is 7.68. The Kier molecular flexibility index (Phi) is 6.33. The lowest BCUT2D eigenvalue weighted by atomic mass is 10.2. The second kappa shape index (κ2) is 8.68. The Bertz CT molecular complexity index is 750. The highest BCUT2D eigenvalue weighted by Crippen LogP contribution is 2.14. The molecule has 0 spiro atoms. The molecule has 2 aromatic rings. The monoisotopic (exact) mass is 345 g/mol. The Morgan fingerprint density at radius 1 is 1.28 bits per heavy atom. The zero-order chi connectivity index (χ0) is 18.2. The zero-order valence-corrected chi connectivity index (χ0v) is 14.0. The molecule has 3 N–H and O–H groups in total. The van der Waals surface area contributed by atoms with Crippen molar-refractivity contribution in [2.45, 2.75) is 20.0 Å². The molecule has 0 aliphatic rings. The lowest BCUT2D eigenvalue weighted by Gasteiger charge is -2.12. The van der Waals surface area contributed by atoms with Crippen LogP contribution in [0.4, 0.5) is 10.1 Å². The van der Waals surface area contributed by atoms with Crippen LogP contribution in [0.1, 0.15) is 12.5 Å². The van der Waals surface area contributed by atoms with Gasteiger partial charge in [0.05, 0.1) is 0 Å². The van der Waals surface area contributed by atoms with E-state index in [-0.39, 0.29) is 12.4 Å². The molecule has 7 heteroatoms. The van der Waals surface area contributed by atoms with Crippen LogP contribution in [-0.2, 0) is 9.63 Å². The molecule has 6 nitrogen and oxygen atoms in total. The Morgan fingerprint density at radius 3 is 2.68 bits per heavy atom. The Balaban J connectivity index is 1.82. The molecule has 0 aliphatic heterocycles. The van der Waals surface area contributed by atoms with Gasteiger partial charge in [0, 0.05) is 5.69 Å². The van der Waals surface area contributed by atoms with E-state index in [2.05, 4.69) is 10.5 Å². The minimum atomic E-state index is -0.903. The third kappa shape index (κ3) is 5.80. The van der Waals surface area contributed by atoms with Crippen molar-refractivity contribution >= 4 is 17.4 Å². The average molecular weight is 345 g/mol. The van der Waals surface area contributed by atoms with E-state index >= 15 is 0 Å². The van der Waals surface area contributed by atoms with Gasteiger partial charge in [-0.2, -0.15) is 0 Å². The van der Waals surface area contributed by atoms with E-state index in [1.54, 1.807) is 31.2 Å². The first-order chi connectivity index (χ1) is 12.0. The number of amides is 1. The number of hydrogen-bond donors (Lipinski definition) is 2. The molecule has 0 bridgehead atoms. The summed E-state index contributed by atoms with van der Waals surface area (Å²) < 4.78 is 18.9. The summed E-state index contributed by atoms with van der Waals surface area (Å²) in [5.41, 5.74) is 6.52. The molecule has 0 aromatic heterocycles. The maximum absolute atomic E-state index is 13.5. The molecule has 0 radical (unpaired) electrons. The largest absolute Gasteiger partial charge is 0.486 e. The standard InChI is InChI=1S/C18H20FN3O3/c1-12-8-9-14(10-16(12)19)21-18(23)13(2)25-22-17(20)11-24-15-6-4-3-5-7-15/h3-10,13H,11H2,1-2H3,(H2,20,22)(H,21,23). The molecule has 1 atom stereocenters. The lowest BCUT2D eigenvalue weighted by Crippen LogP contribution is -2.28. The van der Waals surface area contributed by atoms with Crippen molar-refractivity contribution in [3.8, 4) is 5.75 Å². The van der Waals surface area contributed by atoms with Gasteiger partial charge < -0.3 is 20.6 Å². The number of aryl methyl sites for hydroxylation is 1. The summed E-state index contributed by atoms with van der Waals surface area (Å²) in [5.74, 6) is -0.131. The molecule has 1 amide bonds. The number of ether oxygens (including phenoxy) is 1. The maximum Gasteiger partial charge on any atom is 0.267 e. The topological polar surface area (TPSA) is 85.9 Å². The molecule has 2 aromatic carbocycles. The number of anilines is 1. The van der Waals surface area contributed by atoms with Gasteiger partial charge in [-0.05, 0) is 43.7 Å². The van der Waals surface area contributed by atoms with Gasteiger partial charge in [0.25, 0.3) is 5.91 Å². The summed E-state index contributed by atoms with van der Waals surface area (Å²) >= 11 is 0. The smallest absolute Gasteiger partial charge is 0.267 e. The van der Waals surface area contributed by atoms with Crippen molar-refractivity contribution < 1.29 is 18.8 Å². The molecule has 132 valence electrons. The van der Waals surface area contributed by atoms with Gasteiger partial charge in [-0.1, -0.05) is 29.4 Å². The fraction of sp³-hybridized carbons (Fsp3) is 0.222. The number of carbonyl (C=O) groups excluding carboxylic acids is 1. The SMILES string of the molecule is Cc1ccc(NC(=O)C(C)O/N=C(/N)COc2ccccc2)cc1F. The predicted molar refractivity (Wildman–Crippen MR) is 93.9 cm³/mol. The number of carbonyl (C=O) groups is 1. The van der Waals surface area contributed by atoms with Crippen LogP contribution in [-0.4, -0.2) is 24.5 Å². The number of halogens is 1. The van der Waals surface area contributed by atoms with E-state index in [0.717, 1.165) is 0 Å².